The third kappa shape index (κ3) is 3.62. The second kappa shape index (κ2) is 7.04. The minimum absolute atomic E-state index is 0.367. The second-order valence-electron chi connectivity index (χ2n) is 4.62. The Hall–Kier alpha value is -2.41. The maximum absolute atomic E-state index is 12.2. The van der Waals surface area contributed by atoms with Crippen LogP contribution in [0.3, 0.4) is 0 Å². The van der Waals surface area contributed by atoms with Crippen molar-refractivity contribution in [2.75, 3.05) is 17.7 Å². The molecule has 2 rings (SSSR count). The van der Waals surface area contributed by atoms with Gasteiger partial charge in [-0.25, -0.2) is 4.79 Å². The van der Waals surface area contributed by atoms with Crippen molar-refractivity contribution in [3.63, 3.8) is 0 Å². The summed E-state index contributed by atoms with van der Waals surface area (Å²) < 4.78 is 9.33. The summed E-state index contributed by atoms with van der Waals surface area (Å²) in [4.78, 5) is 24.2. The molecule has 0 spiro atoms. The van der Waals surface area contributed by atoms with Gasteiger partial charge in [0.15, 0.2) is 6.10 Å². The molecule has 0 saturated heterocycles. The van der Waals surface area contributed by atoms with E-state index in [9.17, 15) is 9.59 Å². The number of nitrogens with one attached hydrogen (secondary N) is 2. The molecule has 1 amide bonds. The summed E-state index contributed by atoms with van der Waals surface area (Å²) >= 11 is 1.18. The van der Waals surface area contributed by atoms with E-state index in [2.05, 4.69) is 15.0 Å². The number of ether oxygens (including phenoxy) is 1. The van der Waals surface area contributed by atoms with Crippen molar-refractivity contribution in [3.05, 3.63) is 41.6 Å². The summed E-state index contributed by atoms with van der Waals surface area (Å²) in [6.45, 7) is 3.26. The van der Waals surface area contributed by atoms with Crippen LogP contribution in [0.15, 0.2) is 30.3 Å². The highest BCUT2D eigenvalue weighted by Crippen LogP contribution is 2.25. The van der Waals surface area contributed by atoms with E-state index in [1.807, 2.05) is 18.2 Å². The van der Waals surface area contributed by atoms with Gasteiger partial charge in [-0.05, 0) is 37.5 Å². The number of rotatable bonds is 5. The fourth-order valence-corrected chi connectivity index (χ4v) is 2.55. The van der Waals surface area contributed by atoms with E-state index in [-0.39, 0.29) is 5.91 Å². The highest BCUT2D eigenvalue weighted by molar-refractivity contribution is 7.10. The minimum Gasteiger partial charge on any atom is -0.449 e. The number of nitrogens with zero attached hydrogens (tertiary/aromatic N) is 1. The Morgan fingerprint density at radius 3 is 2.59 bits per heavy atom. The van der Waals surface area contributed by atoms with Gasteiger partial charge >= 0.3 is 5.97 Å². The molecule has 1 aromatic carbocycles. The lowest BCUT2D eigenvalue weighted by molar-refractivity contribution is -0.123. The molecule has 22 heavy (non-hydrogen) atoms. The molecule has 0 fully saturated rings. The summed E-state index contributed by atoms with van der Waals surface area (Å²) in [7, 11) is 1.70. The molecular weight excluding hydrogens is 302 g/mol. The maximum atomic E-state index is 12.2. The van der Waals surface area contributed by atoms with Crippen LogP contribution >= 0.6 is 11.5 Å². The fraction of sp³-hybridized carbons (Fsp3) is 0.267. The predicted octanol–water partition coefficient (Wildman–Crippen LogP) is 2.68. The van der Waals surface area contributed by atoms with E-state index in [1.165, 1.54) is 18.5 Å². The predicted molar refractivity (Wildman–Crippen MR) is 86.3 cm³/mol. The van der Waals surface area contributed by atoms with E-state index in [1.54, 1.807) is 26.1 Å². The fourth-order valence-electron chi connectivity index (χ4n) is 1.82. The lowest BCUT2D eigenvalue weighted by Crippen LogP contribution is -2.30. The molecule has 1 aromatic heterocycles. The van der Waals surface area contributed by atoms with Crippen molar-refractivity contribution in [3.8, 4) is 0 Å². The summed E-state index contributed by atoms with van der Waals surface area (Å²) in [5.41, 5.74) is 1.60. The number of benzene rings is 1. The first-order valence-corrected chi connectivity index (χ1v) is 7.51. The molecule has 116 valence electrons. The standard InChI is InChI=1S/C15H17N3O3S/c1-9-12(14(16-3)22-18-9)15(20)21-10(2)13(19)17-11-7-5-4-6-8-11/h4-8,10,16H,1-3H3,(H,17,19)/t10-/m1/s1. The normalized spacial score (nSPS) is 11.6. The average Bonchev–Trinajstić information content (AvgIpc) is 2.89. The number of aryl methyl sites for hydroxylation is 1. The summed E-state index contributed by atoms with van der Waals surface area (Å²) in [5.74, 6) is -0.947. The quantitative estimate of drug-likeness (QED) is 0.828. The summed E-state index contributed by atoms with van der Waals surface area (Å²) in [5, 5.41) is 6.21. The highest BCUT2D eigenvalue weighted by atomic mass is 32.1. The van der Waals surface area contributed by atoms with Crippen LogP contribution in [0.1, 0.15) is 23.0 Å². The minimum atomic E-state index is -0.906. The number of aromatic nitrogens is 1. The molecule has 0 aliphatic rings. The lowest BCUT2D eigenvalue weighted by Gasteiger charge is -2.13. The largest absolute Gasteiger partial charge is 0.449 e. The number of para-hydroxylation sites is 1. The van der Waals surface area contributed by atoms with Crippen LogP contribution in [0.5, 0.6) is 0 Å². The molecule has 2 aromatic rings. The number of esters is 1. The van der Waals surface area contributed by atoms with Gasteiger partial charge in [-0.2, -0.15) is 4.37 Å². The molecule has 0 radical (unpaired) electrons. The molecule has 1 atom stereocenters. The number of amides is 1. The van der Waals surface area contributed by atoms with Gasteiger partial charge in [0.1, 0.15) is 10.6 Å². The van der Waals surface area contributed by atoms with Crippen LogP contribution < -0.4 is 10.6 Å². The van der Waals surface area contributed by atoms with Gasteiger partial charge in [0.25, 0.3) is 5.91 Å². The topological polar surface area (TPSA) is 80.3 Å². The van der Waals surface area contributed by atoms with Gasteiger partial charge < -0.3 is 15.4 Å². The molecule has 0 saturated carbocycles. The first-order valence-electron chi connectivity index (χ1n) is 6.74. The Morgan fingerprint density at radius 2 is 1.95 bits per heavy atom. The summed E-state index contributed by atoms with van der Waals surface area (Å²) in [6, 6.07) is 9.00. The van der Waals surface area contributed by atoms with Gasteiger partial charge in [-0.15, -0.1) is 0 Å². The lowest BCUT2D eigenvalue weighted by atomic mass is 10.2. The Balaban J connectivity index is 2.02. The zero-order valence-corrected chi connectivity index (χ0v) is 13.4. The number of carbonyl (C=O) groups excluding carboxylic acids is 2. The van der Waals surface area contributed by atoms with Crippen molar-refractivity contribution >= 4 is 34.1 Å². The van der Waals surface area contributed by atoms with Crippen molar-refractivity contribution in [1.29, 1.82) is 0 Å². The molecule has 0 aliphatic carbocycles. The van der Waals surface area contributed by atoms with Gasteiger partial charge in [-0.1, -0.05) is 18.2 Å². The van der Waals surface area contributed by atoms with Crippen molar-refractivity contribution in [2.24, 2.45) is 0 Å². The van der Waals surface area contributed by atoms with Crippen molar-refractivity contribution < 1.29 is 14.3 Å². The third-order valence-corrected chi connectivity index (χ3v) is 3.94. The number of hydrogen-bond acceptors (Lipinski definition) is 6. The van der Waals surface area contributed by atoms with Crippen LogP contribution in [0.4, 0.5) is 10.7 Å². The molecule has 0 unspecified atom stereocenters. The van der Waals surface area contributed by atoms with Gasteiger partial charge in [0.2, 0.25) is 0 Å². The first-order chi connectivity index (χ1) is 10.5. The van der Waals surface area contributed by atoms with Crippen LogP contribution in [-0.2, 0) is 9.53 Å². The molecule has 0 aliphatic heterocycles. The van der Waals surface area contributed by atoms with Gasteiger partial charge in [-0.3, -0.25) is 4.79 Å². The number of hydrogen-bond donors (Lipinski definition) is 2. The Morgan fingerprint density at radius 1 is 1.27 bits per heavy atom. The zero-order chi connectivity index (χ0) is 16.1. The zero-order valence-electron chi connectivity index (χ0n) is 12.5. The van der Waals surface area contributed by atoms with Gasteiger partial charge in [0, 0.05) is 12.7 Å². The maximum Gasteiger partial charge on any atom is 0.343 e. The third-order valence-electron chi connectivity index (χ3n) is 2.99. The number of anilines is 2. The molecule has 7 heteroatoms. The molecule has 2 N–H and O–H groups in total. The molecular formula is C15H17N3O3S. The van der Waals surface area contributed by atoms with Crippen LogP contribution in [0.2, 0.25) is 0 Å². The van der Waals surface area contributed by atoms with Crippen LogP contribution in [-0.4, -0.2) is 29.4 Å². The SMILES string of the molecule is CNc1snc(C)c1C(=O)O[C@H](C)C(=O)Nc1ccccc1. The Bertz CT molecular complexity index is 670. The second-order valence-corrected chi connectivity index (χ2v) is 5.40. The van der Waals surface area contributed by atoms with E-state index >= 15 is 0 Å². The van der Waals surface area contributed by atoms with E-state index < -0.39 is 12.1 Å². The smallest absolute Gasteiger partial charge is 0.343 e. The summed E-state index contributed by atoms with van der Waals surface area (Å²) in [6.07, 6.45) is -0.906. The van der Waals surface area contributed by atoms with E-state index in [0.717, 1.165) is 0 Å². The molecule has 6 nitrogen and oxygen atoms in total. The molecule has 1 heterocycles. The van der Waals surface area contributed by atoms with Crippen molar-refractivity contribution in [2.45, 2.75) is 20.0 Å². The van der Waals surface area contributed by atoms with Crippen molar-refractivity contribution in [1.82, 2.24) is 4.37 Å². The highest BCUT2D eigenvalue weighted by Gasteiger charge is 2.24. The van der Waals surface area contributed by atoms with E-state index in [0.29, 0.717) is 21.9 Å². The molecule has 0 bridgehead atoms. The first kappa shape index (κ1) is 16.0. The Labute approximate surface area is 132 Å². The van der Waals surface area contributed by atoms with Crippen LogP contribution in [0.25, 0.3) is 0 Å². The van der Waals surface area contributed by atoms with Gasteiger partial charge in [0.05, 0.1) is 5.69 Å². The van der Waals surface area contributed by atoms with E-state index in [4.69, 9.17) is 4.74 Å². The monoisotopic (exact) mass is 319 g/mol. The number of carbonyl (C=O) groups is 2. The average molecular weight is 319 g/mol. The Kier molecular flexibility index (Phi) is 5.11. The van der Waals surface area contributed by atoms with Crippen LogP contribution in [0, 0.1) is 6.92 Å².